The Bertz CT molecular complexity index is 398. The van der Waals surface area contributed by atoms with E-state index in [0.29, 0.717) is 10.9 Å². The predicted octanol–water partition coefficient (Wildman–Crippen LogP) is 2.36. The fourth-order valence-corrected chi connectivity index (χ4v) is 3.12. The van der Waals surface area contributed by atoms with Gasteiger partial charge in [-0.2, -0.15) is 0 Å². The number of nitrogens with zero attached hydrogens (tertiary/aromatic N) is 2. The molecule has 0 aromatic carbocycles. The van der Waals surface area contributed by atoms with Crippen molar-refractivity contribution >= 4 is 17.1 Å². The fraction of sp³-hybridized carbons (Fsp3) is 0.667. The second-order valence-electron chi connectivity index (χ2n) is 4.82. The highest BCUT2D eigenvalue weighted by molar-refractivity contribution is 7.13. The largest absolute Gasteiger partial charge is 0.298 e. The van der Waals surface area contributed by atoms with Gasteiger partial charge in [-0.15, -0.1) is 11.3 Å². The van der Waals surface area contributed by atoms with Crippen LogP contribution in [0.4, 0.5) is 0 Å². The summed E-state index contributed by atoms with van der Waals surface area (Å²) in [5.74, 6) is 0.788. The van der Waals surface area contributed by atoms with Crippen LogP contribution in [0, 0.1) is 5.92 Å². The molecule has 0 unspecified atom stereocenters. The average molecular weight is 238 g/mol. The van der Waals surface area contributed by atoms with Crippen molar-refractivity contribution in [2.24, 2.45) is 5.92 Å². The fourth-order valence-electron chi connectivity index (χ4n) is 2.07. The Morgan fingerprint density at radius 3 is 2.94 bits per heavy atom. The predicted molar refractivity (Wildman–Crippen MR) is 65.9 cm³/mol. The van der Waals surface area contributed by atoms with Gasteiger partial charge in [-0.3, -0.25) is 9.69 Å². The highest BCUT2D eigenvalue weighted by Crippen LogP contribution is 2.25. The molecule has 0 spiro atoms. The van der Waals surface area contributed by atoms with E-state index in [1.54, 1.807) is 18.3 Å². The normalized spacial score (nSPS) is 16.5. The van der Waals surface area contributed by atoms with Crippen LogP contribution in [0.2, 0.25) is 0 Å². The van der Waals surface area contributed by atoms with Crippen LogP contribution in [0.15, 0.2) is 0 Å². The summed E-state index contributed by atoms with van der Waals surface area (Å²) in [4.78, 5) is 19.4. The van der Waals surface area contributed by atoms with Crippen LogP contribution >= 0.6 is 11.3 Å². The Kier molecular flexibility index (Phi) is 3.40. The molecule has 0 N–H and O–H groups in total. The first-order chi connectivity index (χ1) is 7.56. The van der Waals surface area contributed by atoms with E-state index in [4.69, 9.17) is 0 Å². The first kappa shape index (κ1) is 11.7. The second kappa shape index (κ2) is 4.63. The molecule has 2 rings (SSSR count). The number of aromatic nitrogens is 1. The van der Waals surface area contributed by atoms with Crippen LogP contribution in [0.3, 0.4) is 0 Å². The number of thiazole rings is 1. The molecule has 16 heavy (non-hydrogen) atoms. The van der Waals surface area contributed by atoms with Gasteiger partial charge in [0.2, 0.25) is 0 Å². The van der Waals surface area contributed by atoms with Crippen molar-refractivity contribution in [3.63, 3.8) is 0 Å². The quantitative estimate of drug-likeness (QED) is 0.758. The van der Waals surface area contributed by atoms with Crippen molar-refractivity contribution in [2.45, 2.75) is 33.7 Å². The molecule has 0 radical (unpaired) electrons. The van der Waals surface area contributed by atoms with Crippen LogP contribution in [0.25, 0.3) is 0 Å². The number of Topliss-reactive ketones (excluding diaryl/α,β-unsaturated/α-hetero) is 1. The van der Waals surface area contributed by atoms with Crippen molar-refractivity contribution < 1.29 is 4.79 Å². The summed E-state index contributed by atoms with van der Waals surface area (Å²) < 4.78 is 0. The summed E-state index contributed by atoms with van der Waals surface area (Å²) in [6.45, 7) is 9.25. The Labute approximate surface area is 100 Å². The molecule has 2 heterocycles. The van der Waals surface area contributed by atoms with Gasteiger partial charge in [-0.05, 0) is 5.92 Å². The van der Waals surface area contributed by atoms with Gasteiger partial charge in [0.05, 0.1) is 5.69 Å². The van der Waals surface area contributed by atoms with Gasteiger partial charge in [-0.25, -0.2) is 4.98 Å². The minimum absolute atomic E-state index is 0.0924. The minimum atomic E-state index is 0.0924. The van der Waals surface area contributed by atoms with Crippen molar-refractivity contribution in [3.8, 4) is 0 Å². The lowest BCUT2D eigenvalue weighted by Crippen LogP contribution is -2.32. The lowest BCUT2D eigenvalue weighted by Gasteiger charge is -2.27. The maximum Gasteiger partial charge on any atom is 0.188 e. The molecule has 0 aliphatic carbocycles. The van der Waals surface area contributed by atoms with Crippen LogP contribution in [0.5, 0.6) is 0 Å². The zero-order valence-electron chi connectivity index (χ0n) is 10.1. The van der Waals surface area contributed by atoms with E-state index < -0.39 is 0 Å². The van der Waals surface area contributed by atoms with Crippen LogP contribution in [-0.4, -0.2) is 28.8 Å². The number of hydrogen-bond donors (Lipinski definition) is 0. The second-order valence-corrected chi connectivity index (χ2v) is 5.91. The lowest BCUT2D eigenvalue weighted by atomic mass is 10.1. The minimum Gasteiger partial charge on any atom is -0.298 e. The first-order valence-corrected chi connectivity index (χ1v) is 6.59. The molecule has 1 aromatic rings. The molecule has 1 aliphatic heterocycles. The summed E-state index contributed by atoms with van der Waals surface area (Å²) in [5, 5.41) is 0.677. The topological polar surface area (TPSA) is 33.2 Å². The SMILES string of the molecule is CC(=O)c1nc2c(s1)CN(CC(C)C)CC2. The smallest absolute Gasteiger partial charge is 0.188 e. The number of carbonyl (C=O) groups excluding carboxylic acids is 1. The van der Waals surface area contributed by atoms with Crippen LogP contribution in [0.1, 0.15) is 41.1 Å². The number of carbonyl (C=O) groups is 1. The molecule has 0 fully saturated rings. The Hall–Kier alpha value is -0.740. The monoisotopic (exact) mass is 238 g/mol. The first-order valence-electron chi connectivity index (χ1n) is 5.78. The molecule has 0 amide bonds. The molecule has 0 atom stereocenters. The maximum absolute atomic E-state index is 11.3. The van der Waals surface area contributed by atoms with E-state index in [1.807, 2.05) is 0 Å². The van der Waals surface area contributed by atoms with Crippen molar-refractivity contribution in [2.75, 3.05) is 13.1 Å². The van der Waals surface area contributed by atoms with E-state index >= 15 is 0 Å². The molecular weight excluding hydrogens is 220 g/mol. The van der Waals surface area contributed by atoms with E-state index in [-0.39, 0.29) is 5.78 Å². The summed E-state index contributed by atoms with van der Waals surface area (Å²) in [7, 11) is 0. The van der Waals surface area contributed by atoms with Gasteiger partial charge >= 0.3 is 0 Å². The number of fused-ring (bicyclic) bond motifs is 1. The molecule has 88 valence electrons. The van der Waals surface area contributed by atoms with Gasteiger partial charge in [-0.1, -0.05) is 13.8 Å². The maximum atomic E-state index is 11.3. The van der Waals surface area contributed by atoms with Crippen LogP contribution < -0.4 is 0 Å². The Balaban J connectivity index is 2.11. The standard InChI is InChI=1S/C12H18N2OS/c1-8(2)6-14-5-4-10-11(7-14)16-12(13-10)9(3)15/h8H,4-7H2,1-3H3. The summed E-state index contributed by atoms with van der Waals surface area (Å²) in [5.41, 5.74) is 1.15. The molecular formula is C12H18N2OS. The van der Waals surface area contributed by atoms with E-state index in [2.05, 4.69) is 23.7 Å². The van der Waals surface area contributed by atoms with Gasteiger partial charge in [0.15, 0.2) is 10.8 Å². The molecule has 0 saturated heterocycles. The molecule has 1 aliphatic rings. The number of rotatable bonds is 3. The average Bonchev–Trinajstić information content (AvgIpc) is 2.59. The molecule has 0 saturated carbocycles. The lowest BCUT2D eigenvalue weighted by molar-refractivity contribution is 0.101. The van der Waals surface area contributed by atoms with Gasteiger partial charge in [0.1, 0.15) is 0 Å². The zero-order valence-corrected chi connectivity index (χ0v) is 10.9. The molecule has 3 nitrogen and oxygen atoms in total. The van der Waals surface area contributed by atoms with E-state index in [0.717, 1.165) is 31.7 Å². The van der Waals surface area contributed by atoms with Crippen LogP contribution in [-0.2, 0) is 13.0 Å². The van der Waals surface area contributed by atoms with Gasteiger partial charge < -0.3 is 0 Å². The number of ketones is 1. The molecule has 0 bridgehead atoms. The van der Waals surface area contributed by atoms with E-state index in [1.165, 1.54) is 4.88 Å². The third kappa shape index (κ3) is 2.50. The summed E-state index contributed by atoms with van der Waals surface area (Å²) in [6, 6.07) is 0. The van der Waals surface area contributed by atoms with E-state index in [9.17, 15) is 4.79 Å². The highest BCUT2D eigenvalue weighted by atomic mass is 32.1. The zero-order chi connectivity index (χ0) is 11.7. The Morgan fingerprint density at radius 2 is 2.31 bits per heavy atom. The highest BCUT2D eigenvalue weighted by Gasteiger charge is 2.21. The summed E-state index contributed by atoms with van der Waals surface area (Å²) >= 11 is 1.57. The third-order valence-electron chi connectivity index (χ3n) is 2.73. The van der Waals surface area contributed by atoms with Crippen molar-refractivity contribution in [1.82, 2.24) is 9.88 Å². The molecule has 1 aromatic heterocycles. The molecule has 4 heteroatoms. The van der Waals surface area contributed by atoms with Gasteiger partial charge in [0, 0.05) is 37.9 Å². The Morgan fingerprint density at radius 1 is 1.56 bits per heavy atom. The third-order valence-corrected chi connectivity index (χ3v) is 3.92. The van der Waals surface area contributed by atoms with Gasteiger partial charge in [0.25, 0.3) is 0 Å². The van der Waals surface area contributed by atoms with Crippen molar-refractivity contribution in [1.29, 1.82) is 0 Å². The van der Waals surface area contributed by atoms with Crippen molar-refractivity contribution in [3.05, 3.63) is 15.6 Å². The number of hydrogen-bond acceptors (Lipinski definition) is 4. The summed E-state index contributed by atoms with van der Waals surface area (Å²) in [6.07, 6.45) is 0.992.